The Balaban J connectivity index is 1.38. The van der Waals surface area contributed by atoms with Crippen molar-refractivity contribution in [3.05, 3.63) is 47.5 Å². The quantitative estimate of drug-likeness (QED) is 0.348. The van der Waals surface area contributed by atoms with Crippen molar-refractivity contribution in [2.24, 2.45) is 0 Å². The second kappa shape index (κ2) is 10.1. The van der Waals surface area contributed by atoms with Crippen molar-refractivity contribution in [1.82, 2.24) is 25.1 Å². The number of rotatable bonds is 9. The Hall–Kier alpha value is -3.31. The van der Waals surface area contributed by atoms with Crippen LogP contribution >= 0.6 is 23.4 Å². The highest BCUT2D eigenvalue weighted by molar-refractivity contribution is 7.99. The van der Waals surface area contributed by atoms with Crippen LogP contribution in [0.1, 0.15) is 23.3 Å². The lowest BCUT2D eigenvalue weighted by Crippen LogP contribution is -2.25. The van der Waals surface area contributed by atoms with Crippen LogP contribution in [-0.2, 0) is 4.79 Å². The summed E-state index contributed by atoms with van der Waals surface area (Å²) in [6, 6.07) is 6.75. The summed E-state index contributed by atoms with van der Waals surface area (Å²) in [5.41, 5.74) is 0.756. The number of benzene rings is 1. The average Bonchev–Trinajstić information content (AvgIpc) is 3.49. The Labute approximate surface area is 199 Å². The molecule has 3 aromatic rings. The van der Waals surface area contributed by atoms with E-state index in [9.17, 15) is 9.59 Å². The van der Waals surface area contributed by atoms with Gasteiger partial charge in [-0.25, -0.2) is 14.6 Å². The maximum Gasteiger partial charge on any atom is 0.272 e. The Morgan fingerprint density at radius 1 is 1.18 bits per heavy atom. The van der Waals surface area contributed by atoms with Crippen molar-refractivity contribution in [1.29, 1.82) is 0 Å². The predicted octanol–water partition coefficient (Wildman–Crippen LogP) is 2.96. The number of anilines is 1. The predicted molar refractivity (Wildman–Crippen MR) is 124 cm³/mol. The van der Waals surface area contributed by atoms with Gasteiger partial charge in [-0.3, -0.25) is 9.59 Å². The number of halogens is 1. The largest absolute Gasteiger partial charge is 0.495 e. The normalized spacial score (nSPS) is 12.8. The maximum atomic E-state index is 12.5. The minimum absolute atomic E-state index is 0.0947. The molecule has 2 N–H and O–H groups in total. The van der Waals surface area contributed by atoms with Crippen molar-refractivity contribution in [2.45, 2.75) is 23.9 Å². The van der Waals surface area contributed by atoms with Gasteiger partial charge < -0.3 is 20.1 Å². The lowest BCUT2D eigenvalue weighted by molar-refractivity contribution is -0.113. The zero-order valence-electron chi connectivity index (χ0n) is 17.9. The number of nitrogens with zero attached hydrogens (tertiary/aromatic N) is 4. The zero-order valence-corrected chi connectivity index (χ0v) is 19.4. The molecule has 1 aromatic carbocycles. The molecule has 172 valence electrons. The third kappa shape index (κ3) is 5.74. The van der Waals surface area contributed by atoms with E-state index in [0.717, 1.165) is 12.8 Å². The first kappa shape index (κ1) is 22.9. The molecule has 10 nitrogen and oxygen atoms in total. The summed E-state index contributed by atoms with van der Waals surface area (Å²) in [4.78, 5) is 33.0. The molecule has 0 unspecified atom stereocenters. The van der Waals surface area contributed by atoms with E-state index >= 15 is 0 Å². The minimum Gasteiger partial charge on any atom is -0.495 e. The molecule has 33 heavy (non-hydrogen) atoms. The molecular formula is C21H21ClN6O4S. The number of carbonyl (C=O) groups is 2. The van der Waals surface area contributed by atoms with E-state index in [1.807, 2.05) is 0 Å². The number of nitrogens with one attached hydrogen (secondary N) is 2. The van der Waals surface area contributed by atoms with E-state index in [1.54, 1.807) is 30.5 Å². The van der Waals surface area contributed by atoms with E-state index in [4.69, 9.17) is 21.1 Å². The number of thioether (sulfide) groups is 1. The molecule has 2 amide bonds. The Morgan fingerprint density at radius 2 is 1.97 bits per heavy atom. The Morgan fingerprint density at radius 3 is 2.70 bits per heavy atom. The van der Waals surface area contributed by atoms with Crippen LogP contribution in [0.3, 0.4) is 0 Å². The third-order valence-corrected chi connectivity index (χ3v) is 5.92. The second-order valence-corrected chi connectivity index (χ2v) is 8.53. The van der Waals surface area contributed by atoms with Crippen LogP contribution in [0, 0.1) is 0 Å². The number of amides is 2. The fourth-order valence-corrected chi connectivity index (χ4v) is 3.78. The molecule has 1 aliphatic carbocycles. The third-order valence-electron chi connectivity index (χ3n) is 4.70. The molecule has 0 saturated heterocycles. The van der Waals surface area contributed by atoms with Crippen molar-refractivity contribution in [2.75, 3.05) is 25.3 Å². The standard InChI is InChI=1S/C21H21ClN6O4S/c1-31-16-8-17(32-2)15(7-13(16)22)26-19(29)10-33-20-9-18(23-11-24-20)28-6-5-14(27-28)21(30)25-12-3-4-12/h5-9,11-12H,3-4,10H2,1-2H3,(H,25,30)(H,26,29). The topological polar surface area (TPSA) is 120 Å². The molecule has 0 bridgehead atoms. The van der Waals surface area contributed by atoms with E-state index < -0.39 is 0 Å². The van der Waals surface area contributed by atoms with Gasteiger partial charge in [-0.15, -0.1) is 0 Å². The molecule has 1 saturated carbocycles. The molecule has 0 aliphatic heterocycles. The summed E-state index contributed by atoms with van der Waals surface area (Å²) in [5, 5.41) is 10.9. The number of hydrogen-bond donors (Lipinski definition) is 2. The summed E-state index contributed by atoms with van der Waals surface area (Å²) in [6.07, 6.45) is 5.05. The number of hydrogen-bond acceptors (Lipinski definition) is 8. The first-order chi connectivity index (χ1) is 16.0. The van der Waals surface area contributed by atoms with Crippen LogP contribution in [0.15, 0.2) is 41.8 Å². The van der Waals surface area contributed by atoms with Gasteiger partial charge in [0.15, 0.2) is 11.5 Å². The summed E-state index contributed by atoms with van der Waals surface area (Å²) >= 11 is 7.38. The molecule has 2 heterocycles. The molecule has 1 aliphatic rings. The number of ether oxygens (including phenoxy) is 2. The van der Waals surface area contributed by atoms with Gasteiger partial charge in [0.05, 0.1) is 30.7 Å². The van der Waals surface area contributed by atoms with Crippen molar-refractivity contribution in [3.63, 3.8) is 0 Å². The second-order valence-electron chi connectivity index (χ2n) is 7.13. The average molecular weight is 489 g/mol. The van der Waals surface area contributed by atoms with Gasteiger partial charge in [0.1, 0.15) is 22.9 Å². The number of carbonyl (C=O) groups excluding carboxylic acids is 2. The van der Waals surface area contributed by atoms with Crippen LogP contribution in [0.5, 0.6) is 11.5 Å². The van der Waals surface area contributed by atoms with Gasteiger partial charge in [-0.1, -0.05) is 23.4 Å². The number of aromatic nitrogens is 4. The lowest BCUT2D eigenvalue weighted by Gasteiger charge is -2.13. The Kier molecular flexibility index (Phi) is 6.99. The smallest absolute Gasteiger partial charge is 0.272 e. The van der Waals surface area contributed by atoms with E-state index in [0.29, 0.717) is 38.7 Å². The van der Waals surface area contributed by atoms with E-state index in [2.05, 4.69) is 25.7 Å². The highest BCUT2D eigenvalue weighted by Crippen LogP contribution is 2.36. The van der Waals surface area contributed by atoms with E-state index in [-0.39, 0.29) is 23.6 Å². The SMILES string of the molecule is COc1cc(OC)c(NC(=O)CSc2cc(-n3ccc(C(=O)NC4CC4)n3)ncn2)cc1Cl. The van der Waals surface area contributed by atoms with Gasteiger partial charge in [-0.2, -0.15) is 5.10 Å². The first-order valence-electron chi connectivity index (χ1n) is 10.00. The highest BCUT2D eigenvalue weighted by Gasteiger charge is 2.24. The fourth-order valence-electron chi connectivity index (χ4n) is 2.88. The van der Waals surface area contributed by atoms with Gasteiger partial charge in [0.2, 0.25) is 5.91 Å². The van der Waals surface area contributed by atoms with Crippen molar-refractivity contribution < 1.29 is 19.1 Å². The molecular weight excluding hydrogens is 468 g/mol. The molecule has 0 spiro atoms. The van der Waals surface area contributed by atoms with Gasteiger partial charge in [-0.05, 0) is 25.0 Å². The number of methoxy groups -OCH3 is 2. The first-order valence-corrected chi connectivity index (χ1v) is 11.4. The molecule has 4 rings (SSSR count). The lowest BCUT2D eigenvalue weighted by atomic mass is 10.2. The summed E-state index contributed by atoms with van der Waals surface area (Å²) in [6.45, 7) is 0. The summed E-state index contributed by atoms with van der Waals surface area (Å²) in [7, 11) is 2.99. The van der Waals surface area contributed by atoms with Gasteiger partial charge in [0.25, 0.3) is 5.91 Å². The summed E-state index contributed by atoms with van der Waals surface area (Å²) in [5.74, 6) is 0.989. The maximum absolute atomic E-state index is 12.5. The molecule has 12 heteroatoms. The Bertz CT molecular complexity index is 1180. The summed E-state index contributed by atoms with van der Waals surface area (Å²) < 4.78 is 12.0. The minimum atomic E-state index is -0.266. The van der Waals surface area contributed by atoms with Crippen LogP contribution in [0.2, 0.25) is 5.02 Å². The molecule has 2 aromatic heterocycles. The zero-order chi connectivity index (χ0) is 23.4. The van der Waals surface area contributed by atoms with Crippen molar-refractivity contribution in [3.8, 4) is 17.3 Å². The van der Waals surface area contributed by atoms with Crippen LogP contribution < -0.4 is 20.1 Å². The molecule has 0 radical (unpaired) electrons. The highest BCUT2D eigenvalue weighted by atomic mass is 35.5. The molecule has 1 fully saturated rings. The fraction of sp³-hybridized carbons (Fsp3) is 0.286. The van der Waals surface area contributed by atoms with Crippen LogP contribution in [-0.4, -0.2) is 57.6 Å². The van der Waals surface area contributed by atoms with E-state index in [1.165, 1.54) is 37.0 Å². The van der Waals surface area contributed by atoms with Crippen LogP contribution in [0.25, 0.3) is 5.82 Å². The van der Waals surface area contributed by atoms with Gasteiger partial charge >= 0.3 is 0 Å². The molecule has 0 atom stereocenters. The van der Waals surface area contributed by atoms with Gasteiger partial charge in [0, 0.05) is 24.4 Å². The monoisotopic (exact) mass is 488 g/mol. The van der Waals surface area contributed by atoms with Crippen LogP contribution in [0.4, 0.5) is 5.69 Å². The van der Waals surface area contributed by atoms with Crippen molar-refractivity contribution >= 4 is 40.9 Å².